The van der Waals surface area contributed by atoms with Crippen molar-refractivity contribution in [3.63, 3.8) is 0 Å². The van der Waals surface area contributed by atoms with E-state index in [0.29, 0.717) is 38.5 Å². The van der Waals surface area contributed by atoms with Crippen molar-refractivity contribution in [2.75, 3.05) is 19.7 Å². The van der Waals surface area contributed by atoms with Crippen LogP contribution >= 0.6 is 0 Å². The predicted molar refractivity (Wildman–Crippen MR) is 79.8 cm³/mol. The average Bonchev–Trinajstić information content (AvgIpc) is 2.84. The molecule has 0 amide bonds. The number of piperidine rings is 1. The maximum Gasteiger partial charge on any atom is 0.309 e. The summed E-state index contributed by atoms with van der Waals surface area (Å²) in [5.74, 6) is 0.224. The molecule has 2 unspecified atom stereocenters. The van der Waals surface area contributed by atoms with Gasteiger partial charge in [0.1, 0.15) is 0 Å². The third-order valence-corrected chi connectivity index (χ3v) is 6.10. The molecule has 6 nitrogen and oxygen atoms in total. The summed E-state index contributed by atoms with van der Waals surface area (Å²) in [4.78, 5) is 11.7. The van der Waals surface area contributed by atoms with Gasteiger partial charge in [0, 0.05) is 19.1 Å². The maximum absolute atomic E-state index is 12.3. The molecule has 1 aliphatic carbocycles. The van der Waals surface area contributed by atoms with Gasteiger partial charge in [0.05, 0.1) is 12.5 Å². The average molecular weight is 318 g/mol. The van der Waals surface area contributed by atoms with Crippen LogP contribution in [0.25, 0.3) is 0 Å². The number of carbonyl (C=O) groups excluding carboxylic acids is 1. The Balaban J connectivity index is 1.84. The highest BCUT2D eigenvalue weighted by Crippen LogP contribution is 2.26. The van der Waals surface area contributed by atoms with Gasteiger partial charge in [-0.15, -0.1) is 0 Å². The number of carbonyl (C=O) groups is 1. The van der Waals surface area contributed by atoms with E-state index in [-0.39, 0.29) is 17.9 Å². The van der Waals surface area contributed by atoms with Crippen LogP contribution in [0.1, 0.15) is 46.0 Å². The Morgan fingerprint density at radius 2 is 1.90 bits per heavy atom. The first kappa shape index (κ1) is 16.7. The second-order valence-corrected chi connectivity index (χ2v) is 7.87. The monoisotopic (exact) mass is 318 g/mol. The van der Waals surface area contributed by atoms with E-state index < -0.39 is 10.2 Å². The van der Waals surface area contributed by atoms with E-state index >= 15 is 0 Å². The van der Waals surface area contributed by atoms with Crippen LogP contribution in [0.2, 0.25) is 0 Å². The van der Waals surface area contributed by atoms with Crippen molar-refractivity contribution in [2.24, 2.45) is 11.8 Å². The highest BCUT2D eigenvalue weighted by molar-refractivity contribution is 7.87. The van der Waals surface area contributed by atoms with Crippen molar-refractivity contribution in [1.82, 2.24) is 9.03 Å². The lowest BCUT2D eigenvalue weighted by Crippen LogP contribution is -2.48. The molecule has 0 aromatic heterocycles. The molecule has 1 heterocycles. The third kappa shape index (κ3) is 4.40. The van der Waals surface area contributed by atoms with Crippen molar-refractivity contribution >= 4 is 16.2 Å². The van der Waals surface area contributed by atoms with Crippen molar-refractivity contribution in [3.8, 4) is 0 Å². The minimum absolute atomic E-state index is 0.0628. The normalized spacial score (nSPS) is 28.7. The van der Waals surface area contributed by atoms with Gasteiger partial charge in [-0.05, 0) is 44.9 Å². The molecule has 2 atom stereocenters. The molecule has 0 radical (unpaired) electrons. The standard InChI is InChI=1S/C14H26N2O4S/c1-3-20-14(17)12-6-8-16(9-7-12)21(18,19)15-13-5-4-11(2)10-13/h11-13,15H,3-10H2,1-2H3. The van der Waals surface area contributed by atoms with Crippen LogP contribution in [0.3, 0.4) is 0 Å². The summed E-state index contributed by atoms with van der Waals surface area (Å²) in [6.45, 7) is 5.09. The first-order chi connectivity index (χ1) is 9.92. The lowest BCUT2D eigenvalue weighted by Gasteiger charge is -2.31. The Morgan fingerprint density at radius 1 is 1.24 bits per heavy atom. The molecule has 0 bridgehead atoms. The Hall–Kier alpha value is -0.660. The first-order valence-corrected chi connectivity index (χ1v) is 9.30. The highest BCUT2D eigenvalue weighted by atomic mass is 32.2. The predicted octanol–water partition coefficient (Wildman–Crippen LogP) is 1.28. The zero-order valence-electron chi connectivity index (χ0n) is 12.9. The summed E-state index contributed by atoms with van der Waals surface area (Å²) in [7, 11) is -3.42. The second-order valence-electron chi connectivity index (χ2n) is 6.16. The number of hydrogen-bond acceptors (Lipinski definition) is 4. The van der Waals surface area contributed by atoms with E-state index in [1.165, 1.54) is 4.31 Å². The first-order valence-electron chi connectivity index (χ1n) is 7.86. The van der Waals surface area contributed by atoms with Crippen LogP contribution in [-0.4, -0.2) is 44.4 Å². The topological polar surface area (TPSA) is 75.7 Å². The molecule has 7 heteroatoms. The number of nitrogens with one attached hydrogen (secondary N) is 1. The van der Waals surface area contributed by atoms with Crippen molar-refractivity contribution < 1.29 is 17.9 Å². The maximum atomic E-state index is 12.3. The summed E-state index contributed by atoms with van der Waals surface area (Å²) < 4.78 is 34.0. The molecule has 2 aliphatic rings. The summed E-state index contributed by atoms with van der Waals surface area (Å²) in [5.41, 5.74) is 0. The number of esters is 1. The van der Waals surface area contributed by atoms with E-state index in [1.807, 2.05) is 0 Å². The highest BCUT2D eigenvalue weighted by Gasteiger charge is 2.34. The molecule has 122 valence electrons. The largest absolute Gasteiger partial charge is 0.466 e. The van der Waals surface area contributed by atoms with Crippen LogP contribution in [0, 0.1) is 11.8 Å². The number of ether oxygens (including phenoxy) is 1. The lowest BCUT2D eigenvalue weighted by molar-refractivity contribution is -0.149. The smallest absolute Gasteiger partial charge is 0.309 e. The van der Waals surface area contributed by atoms with Crippen LogP contribution < -0.4 is 4.72 Å². The minimum atomic E-state index is -3.42. The summed E-state index contributed by atoms with van der Waals surface area (Å²) in [5, 5.41) is 0. The molecular weight excluding hydrogens is 292 g/mol. The van der Waals surface area contributed by atoms with Gasteiger partial charge < -0.3 is 4.74 Å². The van der Waals surface area contributed by atoms with E-state index in [2.05, 4.69) is 11.6 Å². The molecule has 0 spiro atoms. The molecule has 1 N–H and O–H groups in total. The third-order valence-electron chi connectivity index (χ3n) is 4.42. The summed E-state index contributed by atoms with van der Waals surface area (Å²) in [6.07, 6.45) is 4.00. The van der Waals surface area contributed by atoms with Crippen LogP contribution in [0.5, 0.6) is 0 Å². The fraction of sp³-hybridized carbons (Fsp3) is 0.929. The molecule has 21 heavy (non-hydrogen) atoms. The number of hydrogen-bond donors (Lipinski definition) is 1. The van der Waals surface area contributed by atoms with Gasteiger partial charge >= 0.3 is 5.97 Å². The summed E-state index contributed by atoms with van der Waals surface area (Å²) >= 11 is 0. The Labute approximate surface area is 127 Å². The lowest BCUT2D eigenvalue weighted by atomic mass is 9.98. The van der Waals surface area contributed by atoms with Gasteiger partial charge in [-0.3, -0.25) is 4.79 Å². The second kappa shape index (κ2) is 7.07. The zero-order valence-corrected chi connectivity index (χ0v) is 13.7. The van der Waals surface area contributed by atoms with Gasteiger partial charge in [-0.1, -0.05) is 6.92 Å². The van der Waals surface area contributed by atoms with E-state index in [9.17, 15) is 13.2 Å². The minimum Gasteiger partial charge on any atom is -0.466 e. The van der Waals surface area contributed by atoms with E-state index in [0.717, 1.165) is 19.3 Å². The molecule has 2 fully saturated rings. The Bertz CT molecular complexity index is 458. The van der Waals surface area contributed by atoms with Crippen molar-refractivity contribution in [1.29, 1.82) is 0 Å². The molecule has 1 aliphatic heterocycles. The quantitative estimate of drug-likeness (QED) is 0.775. The molecule has 2 rings (SSSR count). The molecule has 0 aromatic rings. The number of nitrogens with zero attached hydrogens (tertiary/aromatic N) is 1. The Kier molecular flexibility index (Phi) is 5.62. The van der Waals surface area contributed by atoms with Gasteiger partial charge in [0.25, 0.3) is 10.2 Å². The van der Waals surface area contributed by atoms with Gasteiger partial charge in [-0.25, -0.2) is 0 Å². The molecular formula is C14H26N2O4S. The van der Waals surface area contributed by atoms with Gasteiger partial charge in [-0.2, -0.15) is 17.4 Å². The fourth-order valence-electron chi connectivity index (χ4n) is 3.19. The van der Waals surface area contributed by atoms with E-state index in [4.69, 9.17) is 4.74 Å². The van der Waals surface area contributed by atoms with Gasteiger partial charge in [0.2, 0.25) is 0 Å². The number of rotatable bonds is 5. The zero-order chi connectivity index (χ0) is 15.5. The SMILES string of the molecule is CCOC(=O)C1CCN(S(=O)(=O)NC2CCC(C)C2)CC1. The van der Waals surface area contributed by atoms with E-state index in [1.54, 1.807) is 6.92 Å². The molecule has 0 aromatic carbocycles. The van der Waals surface area contributed by atoms with Crippen molar-refractivity contribution in [2.45, 2.75) is 52.0 Å². The van der Waals surface area contributed by atoms with Crippen LogP contribution in [0.15, 0.2) is 0 Å². The fourth-order valence-corrected chi connectivity index (χ4v) is 4.67. The van der Waals surface area contributed by atoms with Crippen LogP contribution in [0.4, 0.5) is 0 Å². The molecule has 1 saturated heterocycles. The molecule has 1 saturated carbocycles. The Morgan fingerprint density at radius 3 is 2.43 bits per heavy atom. The van der Waals surface area contributed by atoms with Gasteiger partial charge in [0.15, 0.2) is 0 Å². The summed E-state index contributed by atoms with van der Waals surface area (Å²) in [6, 6.07) is 0.0628. The van der Waals surface area contributed by atoms with Crippen molar-refractivity contribution in [3.05, 3.63) is 0 Å². The van der Waals surface area contributed by atoms with Crippen LogP contribution in [-0.2, 0) is 19.7 Å².